The highest BCUT2D eigenvalue weighted by atomic mass is 127. The van der Waals surface area contributed by atoms with E-state index in [1.54, 1.807) is 0 Å². The zero-order chi connectivity index (χ0) is 12.3. The van der Waals surface area contributed by atoms with Gasteiger partial charge >= 0.3 is 0 Å². The maximum atomic E-state index is 6.10. The molecule has 2 aromatic rings. The summed E-state index contributed by atoms with van der Waals surface area (Å²) in [5.41, 5.74) is 2.20. The van der Waals surface area contributed by atoms with Crippen LogP contribution in [0.15, 0.2) is 46.9 Å². The topological polar surface area (TPSA) is 12.0 Å². The molecule has 0 aliphatic rings. The van der Waals surface area contributed by atoms with Gasteiger partial charge in [0, 0.05) is 25.3 Å². The van der Waals surface area contributed by atoms with Crippen molar-refractivity contribution in [2.75, 3.05) is 5.32 Å². The van der Waals surface area contributed by atoms with Gasteiger partial charge in [-0.3, -0.25) is 0 Å². The molecular formula is C13H10BrClIN. The summed E-state index contributed by atoms with van der Waals surface area (Å²) in [5, 5.41) is 4.16. The Hall–Kier alpha value is -0.260. The van der Waals surface area contributed by atoms with Crippen molar-refractivity contribution >= 4 is 55.8 Å². The standard InChI is InChI=1S/C13H10BrClIN/c14-11-6-5-10(7-13(11)16)17-8-9-3-1-2-4-12(9)15/h1-7,17H,8H2. The minimum absolute atomic E-state index is 0.734. The average Bonchev–Trinajstić information content (AvgIpc) is 2.32. The molecule has 88 valence electrons. The lowest BCUT2D eigenvalue weighted by Gasteiger charge is -2.09. The molecule has 0 spiro atoms. The molecule has 1 nitrogen and oxygen atoms in total. The molecule has 0 bridgehead atoms. The Balaban J connectivity index is 2.08. The highest BCUT2D eigenvalue weighted by Gasteiger charge is 2.01. The Morgan fingerprint density at radius 3 is 2.65 bits per heavy atom. The van der Waals surface area contributed by atoms with E-state index in [-0.39, 0.29) is 0 Å². The van der Waals surface area contributed by atoms with Crippen LogP contribution < -0.4 is 5.32 Å². The van der Waals surface area contributed by atoms with E-state index in [9.17, 15) is 0 Å². The molecule has 0 fully saturated rings. The molecule has 1 N–H and O–H groups in total. The molecule has 0 aromatic heterocycles. The third-order valence-corrected chi connectivity index (χ3v) is 5.05. The van der Waals surface area contributed by atoms with Crippen molar-refractivity contribution in [1.29, 1.82) is 0 Å². The smallest absolute Gasteiger partial charge is 0.0455 e. The van der Waals surface area contributed by atoms with Crippen molar-refractivity contribution in [3.8, 4) is 0 Å². The van der Waals surface area contributed by atoms with E-state index in [1.165, 1.54) is 3.57 Å². The zero-order valence-corrected chi connectivity index (χ0v) is 13.4. The highest BCUT2D eigenvalue weighted by Crippen LogP contribution is 2.23. The van der Waals surface area contributed by atoms with Gasteiger partial charge in [0.25, 0.3) is 0 Å². The Bertz CT molecular complexity index is 531. The molecule has 0 amide bonds. The Labute approximate surface area is 128 Å². The second-order valence-electron chi connectivity index (χ2n) is 3.57. The van der Waals surface area contributed by atoms with E-state index in [0.29, 0.717) is 0 Å². The van der Waals surface area contributed by atoms with Crippen molar-refractivity contribution in [2.45, 2.75) is 6.54 Å². The minimum atomic E-state index is 0.734. The summed E-state index contributed by atoms with van der Waals surface area (Å²) in [5.74, 6) is 0. The summed E-state index contributed by atoms with van der Waals surface area (Å²) in [6, 6.07) is 14.0. The lowest BCUT2D eigenvalue weighted by molar-refractivity contribution is 1.15. The van der Waals surface area contributed by atoms with Gasteiger partial charge in [-0.15, -0.1) is 0 Å². The van der Waals surface area contributed by atoms with Crippen LogP contribution in [-0.2, 0) is 6.54 Å². The average molecular weight is 422 g/mol. The summed E-state index contributed by atoms with van der Waals surface area (Å²) < 4.78 is 2.30. The summed E-state index contributed by atoms with van der Waals surface area (Å²) >= 11 is 11.9. The lowest BCUT2D eigenvalue weighted by Crippen LogP contribution is -2.00. The van der Waals surface area contributed by atoms with Crippen LogP contribution in [0.2, 0.25) is 5.02 Å². The molecule has 17 heavy (non-hydrogen) atoms. The maximum Gasteiger partial charge on any atom is 0.0455 e. The van der Waals surface area contributed by atoms with Gasteiger partial charge < -0.3 is 5.32 Å². The van der Waals surface area contributed by atoms with Gasteiger partial charge in [-0.2, -0.15) is 0 Å². The quantitative estimate of drug-likeness (QED) is 0.661. The number of benzene rings is 2. The molecule has 0 saturated carbocycles. The van der Waals surface area contributed by atoms with Crippen molar-refractivity contribution in [2.24, 2.45) is 0 Å². The van der Waals surface area contributed by atoms with Crippen molar-refractivity contribution < 1.29 is 0 Å². The highest BCUT2D eigenvalue weighted by molar-refractivity contribution is 14.1. The van der Waals surface area contributed by atoms with Crippen LogP contribution in [0.1, 0.15) is 5.56 Å². The first-order chi connectivity index (χ1) is 8.16. The third-order valence-electron chi connectivity index (χ3n) is 2.36. The molecule has 2 rings (SSSR count). The number of nitrogens with one attached hydrogen (secondary N) is 1. The van der Waals surface area contributed by atoms with E-state index in [1.807, 2.05) is 36.4 Å². The number of anilines is 1. The second-order valence-corrected chi connectivity index (χ2v) is 6.00. The fraction of sp³-hybridized carbons (Fsp3) is 0.0769. The normalized spacial score (nSPS) is 10.3. The van der Waals surface area contributed by atoms with Gasteiger partial charge in [0.1, 0.15) is 0 Å². The molecule has 4 heteroatoms. The van der Waals surface area contributed by atoms with Gasteiger partial charge in [-0.1, -0.05) is 29.8 Å². The van der Waals surface area contributed by atoms with Crippen LogP contribution in [0, 0.1) is 3.57 Å². The first kappa shape index (κ1) is 13.2. The molecule has 2 aromatic carbocycles. The first-order valence-corrected chi connectivity index (χ1v) is 7.34. The van der Waals surface area contributed by atoms with Crippen LogP contribution in [0.4, 0.5) is 5.69 Å². The molecule has 0 saturated heterocycles. The van der Waals surface area contributed by atoms with E-state index in [2.05, 4.69) is 49.9 Å². The van der Waals surface area contributed by atoms with Crippen LogP contribution in [0.3, 0.4) is 0 Å². The Morgan fingerprint density at radius 1 is 1.18 bits per heavy atom. The summed E-state index contributed by atoms with van der Waals surface area (Å²) in [4.78, 5) is 0. The number of hydrogen-bond donors (Lipinski definition) is 1. The van der Waals surface area contributed by atoms with Crippen molar-refractivity contribution in [3.05, 3.63) is 61.1 Å². The molecule has 0 aliphatic carbocycles. The first-order valence-electron chi connectivity index (χ1n) is 5.09. The van der Waals surface area contributed by atoms with E-state index < -0.39 is 0 Å². The largest absolute Gasteiger partial charge is 0.381 e. The van der Waals surface area contributed by atoms with E-state index in [0.717, 1.165) is 27.3 Å². The monoisotopic (exact) mass is 421 g/mol. The van der Waals surface area contributed by atoms with E-state index >= 15 is 0 Å². The van der Waals surface area contributed by atoms with Gasteiger partial charge in [-0.25, -0.2) is 0 Å². The predicted molar refractivity (Wildman–Crippen MR) is 85.6 cm³/mol. The van der Waals surface area contributed by atoms with Crippen LogP contribution in [0.5, 0.6) is 0 Å². The molecule has 0 aliphatic heterocycles. The van der Waals surface area contributed by atoms with Gasteiger partial charge in [0.15, 0.2) is 0 Å². The fourth-order valence-electron chi connectivity index (χ4n) is 1.45. The molecule has 0 unspecified atom stereocenters. The predicted octanol–water partition coefficient (Wildman–Crippen LogP) is 5.32. The van der Waals surface area contributed by atoms with Gasteiger partial charge in [0.05, 0.1) is 0 Å². The molecular weight excluding hydrogens is 412 g/mol. The van der Waals surface area contributed by atoms with Crippen LogP contribution >= 0.6 is 50.1 Å². The number of rotatable bonds is 3. The van der Waals surface area contributed by atoms with Crippen molar-refractivity contribution in [1.82, 2.24) is 0 Å². The number of halogens is 3. The van der Waals surface area contributed by atoms with Gasteiger partial charge in [0.2, 0.25) is 0 Å². The minimum Gasteiger partial charge on any atom is -0.381 e. The van der Waals surface area contributed by atoms with Crippen LogP contribution in [0.25, 0.3) is 0 Å². The van der Waals surface area contributed by atoms with Crippen LogP contribution in [-0.4, -0.2) is 0 Å². The van der Waals surface area contributed by atoms with Crippen molar-refractivity contribution in [3.63, 3.8) is 0 Å². The maximum absolute atomic E-state index is 6.10. The number of hydrogen-bond acceptors (Lipinski definition) is 1. The second kappa shape index (κ2) is 6.07. The molecule has 0 radical (unpaired) electrons. The summed E-state index contributed by atoms with van der Waals surface area (Å²) in [7, 11) is 0. The Morgan fingerprint density at radius 2 is 1.94 bits per heavy atom. The third kappa shape index (κ3) is 3.60. The Kier molecular flexibility index (Phi) is 4.70. The molecule has 0 heterocycles. The summed E-state index contributed by atoms with van der Waals surface area (Å²) in [6.45, 7) is 0.734. The fourth-order valence-corrected chi connectivity index (χ4v) is 2.41. The van der Waals surface area contributed by atoms with E-state index in [4.69, 9.17) is 11.6 Å². The lowest BCUT2D eigenvalue weighted by atomic mass is 10.2. The molecule has 0 atom stereocenters. The summed E-state index contributed by atoms with van der Waals surface area (Å²) in [6.07, 6.45) is 0. The zero-order valence-electron chi connectivity index (χ0n) is 8.88. The SMILES string of the molecule is Clc1ccccc1CNc1ccc(Br)c(I)c1. The van der Waals surface area contributed by atoms with Gasteiger partial charge in [-0.05, 0) is 68.3 Å².